The molecule has 0 spiro atoms. The minimum absolute atomic E-state index is 0.239. The number of methoxy groups -OCH3 is 2. The van der Waals surface area contributed by atoms with Crippen LogP contribution in [0, 0.1) is 0 Å². The number of carbonyl (C=O) groups is 2. The third-order valence-electron chi connectivity index (χ3n) is 3.29. The molecular formula is C13H13N3O4. The fourth-order valence-corrected chi connectivity index (χ4v) is 2.39. The van der Waals surface area contributed by atoms with E-state index in [1.807, 2.05) is 29.1 Å². The molecule has 3 rings (SSSR count). The summed E-state index contributed by atoms with van der Waals surface area (Å²) < 4.78 is 11.4. The number of esters is 2. The Balaban J connectivity index is 2.17. The highest BCUT2D eigenvalue weighted by Gasteiger charge is 2.42. The molecule has 3 heterocycles. The standard InChI is InChI=1S/C13H13N3O4/c1-19-12(17)9-10(13(18)20-2)14-16-7-6-15-5-3-4-8(15)11(9)16/h3-7,10,14H,1-2H3. The Bertz CT molecular complexity index is 644. The summed E-state index contributed by atoms with van der Waals surface area (Å²) in [5, 5.41) is 1.63. The molecule has 7 heteroatoms. The van der Waals surface area contributed by atoms with E-state index in [0.717, 1.165) is 5.69 Å². The Kier molecular flexibility index (Phi) is 2.83. The van der Waals surface area contributed by atoms with Crippen molar-refractivity contribution in [1.29, 1.82) is 0 Å². The van der Waals surface area contributed by atoms with Gasteiger partial charge in [0.05, 0.1) is 31.2 Å². The largest absolute Gasteiger partial charge is 0.468 e. The normalized spacial score (nSPS) is 19.7. The van der Waals surface area contributed by atoms with Gasteiger partial charge in [0.25, 0.3) is 0 Å². The molecule has 0 bridgehead atoms. The molecule has 20 heavy (non-hydrogen) atoms. The number of fused-ring (bicyclic) bond motifs is 3. The molecule has 0 aliphatic carbocycles. The van der Waals surface area contributed by atoms with Gasteiger partial charge in [0.1, 0.15) is 0 Å². The highest BCUT2D eigenvalue weighted by atomic mass is 16.5. The SMILES string of the molecule is COC(=O)C1=C2c3cccn3C=CN2NC1C(=O)OC. The summed E-state index contributed by atoms with van der Waals surface area (Å²) in [6.45, 7) is 0. The average Bonchev–Trinajstić information content (AvgIpc) is 3.08. The highest BCUT2D eigenvalue weighted by molar-refractivity contribution is 6.05. The summed E-state index contributed by atoms with van der Waals surface area (Å²) in [4.78, 5) is 23.9. The van der Waals surface area contributed by atoms with Gasteiger partial charge in [-0.05, 0) is 12.1 Å². The zero-order chi connectivity index (χ0) is 14.3. The topological polar surface area (TPSA) is 72.8 Å². The number of carbonyl (C=O) groups excluding carboxylic acids is 2. The monoisotopic (exact) mass is 275 g/mol. The Morgan fingerprint density at radius 2 is 2.05 bits per heavy atom. The first-order chi connectivity index (χ1) is 9.67. The van der Waals surface area contributed by atoms with Crippen LogP contribution in [0.1, 0.15) is 5.69 Å². The Morgan fingerprint density at radius 3 is 2.75 bits per heavy atom. The van der Waals surface area contributed by atoms with Crippen molar-refractivity contribution < 1.29 is 19.1 Å². The van der Waals surface area contributed by atoms with E-state index in [2.05, 4.69) is 5.43 Å². The second kappa shape index (κ2) is 4.53. The third-order valence-corrected chi connectivity index (χ3v) is 3.29. The van der Waals surface area contributed by atoms with Crippen molar-refractivity contribution in [3.05, 3.63) is 35.8 Å². The number of nitrogens with zero attached hydrogens (tertiary/aromatic N) is 2. The van der Waals surface area contributed by atoms with E-state index in [1.54, 1.807) is 11.2 Å². The summed E-state index contributed by atoms with van der Waals surface area (Å²) in [7, 11) is 2.56. The molecule has 0 saturated carbocycles. The number of nitrogens with one attached hydrogen (secondary N) is 1. The molecule has 7 nitrogen and oxygen atoms in total. The van der Waals surface area contributed by atoms with Gasteiger partial charge in [0, 0.05) is 18.6 Å². The average molecular weight is 275 g/mol. The highest BCUT2D eigenvalue weighted by Crippen LogP contribution is 2.34. The minimum Gasteiger partial charge on any atom is -0.468 e. The summed E-state index contributed by atoms with van der Waals surface area (Å²) >= 11 is 0. The number of rotatable bonds is 2. The first-order valence-corrected chi connectivity index (χ1v) is 5.98. The lowest BCUT2D eigenvalue weighted by Crippen LogP contribution is -2.41. The molecule has 1 aromatic heterocycles. The van der Waals surface area contributed by atoms with E-state index >= 15 is 0 Å². The van der Waals surface area contributed by atoms with Crippen LogP contribution in [0.3, 0.4) is 0 Å². The Hall–Kier alpha value is -2.54. The lowest BCUT2D eigenvalue weighted by Gasteiger charge is -2.23. The Labute approximate surface area is 115 Å². The molecule has 0 fully saturated rings. The van der Waals surface area contributed by atoms with Gasteiger partial charge in [-0.25, -0.2) is 15.0 Å². The van der Waals surface area contributed by atoms with E-state index in [-0.39, 0.29) is 5.57 Å². The fourth-order valence-electron chi connectivity index (χ4n) is 2.39. The second-order valence-corrected chi connectivity index (χ2v) is 4.31. The van der Waals surface area contributed by atoms with Gasteiger partial charge in [-0.2, -0.15) is 0 Å². The number of hydrogen-bond acceptors (Lipinski definition) is 6. The van der Waals surface area contributed by atoms with Crippen molar-refractivity contribution >= 4 is 23.8 Å². The molecule has 0 radical (unpaired) electrons. The molecular weight excluding hydrogens is 262 g/mol. The molecule has 1 N–H and O–H groups in total. The zero-order valence-corrected chi connectivity index (χ0v) is 11.0. The van der Waals surface area contributed by atoms with Crippen LogP contribution in [0.25, 0.3) is 11.9 Å². The lowest BCUT2D eigenvalue weighted by atomic mass is 10.1. The summed E-state index contributed by atoms with van der Waals surface area (Å²) in [6.07, 6.45) is 5.41. The van der Waals surface area contributed by atoms with E-state index in [9.17, 15) is 9.59 Å². The summed E-state index contributed by atoms with van der Waals surface area (Å²) in [6, 6.07) is 2.83. The predicted octanol–water partition coefficient (Wildman–Crippen LogP) is 0.176. The smallest absolute Gasteiger partial charge is 0.338 e. The number of ether oxygens (including phenoxy) is 2. The molecule has 0 amide bonds. The maximum Gasteiger partial charge on any atom is 0.338 e. The maximum absolute atomic E-state index is 12.0. The van der Waals surface area contributed by atoms with Crippen molar-refractivity contribution in [2.24, 2.45) is 0 Å². The van der Waals surface area contributed by atoms with Crippen LogP contribution in [0.15, 0.2) is 30.1 Å². The molecule has 0 saturated heterocycles. The number of aromatic nitrogens is 1. The van der Waals surface area contributed by atoms with Crippen LogP contribution in [0.2, 0.25) is 0 Å². The molecule has 1 atom stereocenters. The quantitative estimate of drug-likeness (QED) is 0.776. The molecule has 1 aromatic rings. The first-order valence-electron chi connectivity index (χ1n) is 5.98. The van der Waals surface area contributed by atoms with Crippen molar-refractivity contribution in [2.75, 3.05) is 14.2 Å². The van der Waals surface area contributed by atoms with E-state index < -0.39 is 18.0 Å². The van der Waals surface area contributed by atoms with E-state index in [1.165, 1.54) is 14.2 Å². The second-order valence-electron chi connectivity index (χ2n) is 4.31. The van der Waals surface area contributed by atoms with Crippen LogP contribution in [-0.2, 0) is 19.1 Å². The molecule has 104 valence electrons. The van der Waals surface area contributed by atoms with Crippen LogP contribution in [0.5, 0.6) is 0 Å². The van der Waals surface area contributed by atoms with Crippen molar-refractivity contribution in [3.8, 4) is 0 Å². The van der Waals surface area contributed by atoms with Crippen molar-refractivity contribution in [1.82, 2.24) is 15.0 Å². The van der Waals surface area contributed by atoms with Gasteiger partial charge < -0.3 is 14.0 Å². The van der Waals surface area contributed by atoms with Crippen molar-refractivity contribution in [3.63, 3.8) is 0 Å². The fraction of sp³-hybridized carbons (Fsp3) is 0.231. The van der Waals surface area contributed by atoms with Crippen molar-refractivity contribution in [2.45, 2.75) is 6.04 Å². The number of hydrazine groups is 1. The lowest BCUT2D eigenvalue weighted by molar-refractivity contribution is -0.145. The first kappa shape index (κ1) is 12.5. The van der Waals surface area contributed by atoms with Crippen LogP contribution < -0.4 is 5.43 Å². The van der Waals surface area contributed by atoms with Gasteiger partial charge >= 0.3 is 11.9 Å². The van der Waals surface area contributed by atoms with Crippen LogP contribution in [-0.4, -0.2) is 41.8 Å². The predicted molar refractivity (Wildman–Crippen MR) is 69.5 cm³/mol. The number of hydrogen-bond donors (Lipinski definition) is 1. The third kappa shape index (κ3) is 1.64. The van der Waals surface area contributed by atoms with Gasteiger partial charge in [-0.15, -0.1) is 0 Å². The van der Waals surface area contributed by atoms with E-state index in [4.69, 9.17) is 9.47 Å². The molecule has 1 unspecified atom stereocenters. The summed E-state index contributed by atoms with van der Waals surface area (Å²) in [5.74, 6) is -1.10. The maximum atomic E-state index is 12.0. The summed E-state index contributed by atoms with van der Waals surface area (Å²) in [5.41, 5.74) is 4.56. The van der Waals surface area contributed by atoms with Gasteiger partial charge in [-0.3, -0.25) is 5.01 Å². The van der Waals surface area contributed by atoms with Gasteiger partial charge in [0.15, 0.2) is 6.04 Å². The Morgan fingerprint density at radius 1 is 1.25 bits per heavy atom. The molecule has 2 aliphatic rings. The molecule has 2 aliphatic heterocycles. The molecule has 0 aromatic carbocycles. The zero-order valence-electron chi connectivity index (χ0n) is 11.0. The van der Waals surface area contributed by atoms with Gasteiger partial charge in [0.2, 0.25) is 0 Å². The van der Waals surface area contributed by atoms with Crippen LogP contribution >= 0.6 is 0 Å². The minimum atomic E-state index is -0.881. The van der Waals surface area contributed by atoms with Gasteiger partial charge in [-0.1, -0.05) is 0 Å². The van der Waals surface area contributed by atoms with Crippen LogP contribution in [0.4, 0.5) is 0 Å². The van der Waals surface area contributed by atoms with E-state index in [0.29, 0.717) is 5.70 Å².